The molecule has 3 N–H and O–H groups in total. The van der Waals surface area contributed by atoms with Crippen molar-refractivity contribution in [2.75, 3.05) is 6.54 Å². The van der Waals surface area contributed by atoms with Gasteiger partial charge in [-0.2, -0.15) is 0 Å². The van der Waals surface area contributed by atoms with E-state index in [1.165, 1.54) is 0 Å². The molecule has 2 unspecified atom stereocenters. The number of rotatable bonds is 8. The second-order valence-electron chi connectivity index (χ2n) is 4.06. The summed E-state index contributed by atoms with van der Waals surface area (Å²) < 4.78 is 0. The van der Waals surface area contributed by atoms with Gasteiger partial charge in [0.15, 0.2) is 0 Å². The van der Waals surface area contributed by atoms with E-state index in [0.717, 1.165) is 6.54 Å². The number of hydrogen-bond donors (Lipinski definition) is 3. The Morgan fingerprint density at radius 2 is 1.88 bits per heavy atom. The highest BCUT2D eigenvalue weighted by molar-refractivity contribution is 5.76. The lowest BCUT2D eigenvalue weighted by Crippen LogP contribution is -2.37. The van der Waals surface area contributed by atoms with E-state index in [2.05, 4.69) is 10.6 Å². The molecule has 0 fully saturated rings. The molecule has 0 aromatic heterocycles. The summed E-state index contributed by atoms with van der Waals surface area (Å²) in [4.78, 5) is 21.8. The van der Waals surface area contributed by atoms with Crippen molar-refractivity contribution in [3.05, 3.63) is 0 Å². The van der Waals surface area contributed by atoms with Gasteiger partial charge in [0.05, 0.1) is 0 Å². The zero-order valence-corrected chi connectivity index (χ0v) is 10.2. The van der Waals surface area contributed by atoms with E-state index in [0.29, 0.717) is 12.8 Å². The molecule has 0 bridgehead atoms. The van der Waals surface area contributed by atoms with Crippen molar-refractivity contribution in [2.45, 2.75) is 52.1 Å². The maximum atomic E-state index is 11.5. The fourth-order valence-electron chi connectivity index (χ4n) is 1.44. The molecule has 5 nitrogen and oxygen atoms in total. The molecular weight excluding hydrogens is 208 g/mol. The van der Waals surface area contributed by atoms with Crippen LogP contribution in [0.25, 0.3) is 0 Å². The van der Waals surface area contributed by atoms with Crippen LogP contribution in [0.4, 0.5) is 0 Å². The highest BCUT2D eigenvalue weighted by atomic mass is 16.4. The van der Waals surface area contributed by atoms with E-state index in [4.69, 9.17) is 5.11 Å². The van der Waals surface area contributed by atoms with Crippen LogP contribution in [0.2, 0.25) is 0 Å². The number of aliphatic carboxylic acids is 1. The minimum absolute atomic E-state index is 0.0358. The summed E-state index contributed by atoms with van der Waals surface area (Å²) >= 11 is 0. The molecule has 5 heteroatoms. The van der Waals surface area contributed by atoms with Gasteiger partial charge < -0.3 is 15.7 Å². The maximum absolute atomic E-state index is 11.5. The van der Waals surface area contributed by atoms with Crippen LogP contribution < -0.4 is 10.6 Å². The first-order valence-electron chi connectivity index (χ1n) is 5.70. The molecule has 0 saturated heterocycles. The number of amides is 1. The van der Waals surface area contributed by atoms with E-state index in [-0.39, 0.29) is 24.4 Å². The van der Waals surface area contributed by atoms with Gasteiger partial charge in [-0.05, 0) is 26.8 Å². The first-order valence-corrected chi connectivity index (χ1v) is 5.70. The largest absolute Gasteiger partial charge is 0.481 e. The van der Waals surface area contributed by atoms with Crippen LogP contribution in [-0.2, 0) is 9.59 Å². The summed E-state index contributed by atoms with van der Waals surface area (Å²) in [6.07, 6.45) is 0.978. The van der Waals surface area contributed by atoms with Gasteiger partial charge in [0.1, 0.15) is 0 Å². The monoisotopic (exact) mass is 230 g/mol. The Balaban J connectivity index is 3.73. The quantitative estimate of drug-likeness (QED) is 0.575. The molecule has 0 saturated carbocycles. The van der Waals surface area contributed by atoms with Crippen molar-refractivity contribution < 1.29 is 14.7 Å². The lowest BCUT2D eigenvalue weighted by atomic mass is 10.1. The van der Waals surface area contributed by atoms with Crippen molar-refractivity contribution in [2.24, 2.45) is 0 Å². The Morgan fingerprint density at radius 3 is 2.38 bits per heavy atom. The number of carbonyl (C=O) groups is 2. The normalized spacial score (nSPS) is 14.2. The van der Waals surface area contributed by atoms with Crippen molar-refractivity contribution in [1.29, 1.82) is 0 Å². The minimum Gasteiger partial charge on any atom is -0.481 e. The fraction of sp³-hybridized carbons (Fsp3) is 0.818. The lowest BCUT2D eigenvalue weighted by molar-refractivity contribution is -0.137. The number of nitrogens with one attached hydrogen (secondary N) is 2. The van der Waals surface area contributed by atoms with E-state index >= 15 is 0 Å². The molecule has 0 rings (SSSR count). The topological polar surface area (TPSA) is 78.4 Å². The number of hydrogen-bond acceptors (Lipinski definition) is 3. The third-order valence-corrected chi connectivity index (χ3v) is 2.24. The summed E-state index contributed by atoms with van der Waals surface area (Å²) in [7, 11) is 0. The van der Waals surface area contributed by atoms with E-state index in [9.17, 15) is 9.59 Å². The third kappa shape index (κ3) is 8.23. The van der Waals surface area contributed by atoms with Crippen LogP contribution >= 0.6 is 0 Å². The van der Waals surface area contributed by atoms with E-state index < -0.39 is 5.97 Å². The van der Waals surface area contributed by atoms with Gasteiger partial charge in [-0.3, -0.25) is 9.59 Å². The van der Waals surface area contributed by atoms with Crippen LogP contribution in [0.5, 0.6) is 0 Å². The summed E-state index contributed by atoms with van der Waals surface area (Å²) in [5.41, 5.74) is 0. The van der Waals surface area contributed by atoms with Crippen molar-refractivity contribution in [1.82, 2.24) is 10.6 Å². The van der Waals surface area contributed by atoms with Gasteiger partial charge >= 0.3 is 5.97 Å². The van der Waals surface area contributed by atoms with Gasteiger partial charge in [-0.15, -0.1) is 0 Å². The maximum Gasteiger partial charge on any atom is 0.303 e. The van der Waals surface area contributed by atoms with Crippen molar-refractivity contribution in [3.8, 4) is 0 Å². The Labute approximate surface area is 96.6 Å². The van der Waals surface area contributed by atoms with Crippen LogP contribution in [0.3, 0.4) is 0 Å². The highest BCUT2D eigenvalue weighted by Gasteiger charge is 2.11. The second-order valence-corrected chi connectivity index (χ2v) is 4.06. The molecule has 0 aliphatic carbocycles. The molecule has 0 aromatic carbocycles. The molecule has 0 aromatic rings. The molecule has 0 heterocycles. The lowest BCUT2D eigenvalue weighted by Gasteiger charge is -2.16. The molecule has 1 amide bonds. The van der Waals surface area contributed by atoms with Crippen molar-refractivity contribution >= 4 is 11.9 Å². The average Bonchev–Trinajstić information content (AvgIpc) is 2.14. The smallest absolute Gasteiger partial charge is 0.303 e. The predicted molar refractivity (Wildman–Crippen MR) is 62.2 cm³/mol. The van der Waals surface area contributed by atoms with E-state index in [1.54, 1.807) is 0 Å². The van der Waals surface area contributed by atoms with Crippen LogP contribution in [0.15, 0.2) is 0 Å². The van der Waals surface area contributed by atoms with Gasteiger partial charge in [0.2, 0.25) is 5.91 Å². The first-order chi connectivity index (χ1) is 7.45. The summed E-state index contributed by atoms with van der Waals surface area (Å²) in [6.45, 7) is 6.59. The molecule has 0 spiro atoms. The van der Waals surface area contributed by atoms with Gasteiger partial charge in [-0.1, -0.05) is 6.92 Å². The Morgan fingerprint density at radius 1 is 1.25 bits per heavy atom. The zero-order valence-electron chi connectivity index (χ0n) is 10.2. The number of carboxylic acid groups (broad SMARTS) is 1. The first kappa shape index (κ1) is 14.9. The molecule has 94 valence electrons. The van der Waals surface area contributed by atoms with Crippen LogP contribution in [-0.4, -0.2) is 35.6 Å². The van der Waals surface area contributed by atoms with Gasteiger partial charge in [0, 0.05) is 24.9 Å². The summed E-state index contributed by atoms with van der Waals surface area (Å²) in [5.74, 6) is -0.867. The standard InChI is InChI=1S/C11H22N2O3/c1-4-12-9(3)7-10(14)13-8(2)5-6-11(15)16/h8-9,12H,4-7H2,1-3H3,(H,13,14)(H,15,16). The Hall–Kier alpha value is -1.10. The zero-order chi connectivity index (χ0) is 12.6. The van der Waals surface area contributed by atoms with E-state index in [1.807, 2.05) is 20.8 Å². The molecular formula is C11H22N2O3. The second kappa shape index (κ2) is 8.10. The number of carboxylic acids is 1. The molecule has 2 atom stereocenters. The SMILES string of the molecule is CCNC(C)CC(=O)NC(C)CCC(=O)O. The third-order valence-electron chi connectivity index (χ3n) is 2.24. The highest BCUT2D eigenvalue weighted by Crippen LogP contribution is 1.98. The Kier molecular flexibility index (Phi) is 7.54. The molecule has 16 heavy (non-hydrogen) atoms. The molecule has 0 radical (unpaired) electrons. The fourth-order valence-corrected chi connectivity index (χ4v) is 1.44. The average molecular weight is 230 g/mol. The van der Waals surface area contributed by atoms with Gasteiger partial charge in [-0.25, -0.2) is 0 Å². The molecule has 0 aliphatic heterocycles. The van der Waals surface area contributed by atoms with Gasteiger partial charge in [0.25, 0.3) is 0 Å². The summed E-state index contributed by atoms with van der Waals surface area (Å²) in [5, 5.41) is 14.4. The minimum atomic E-state index is -0.831. The summed E-state index contributed by atoms with van der Waals surface area (Å²) in [6, 6.07) is 0.0640. The van der Waals surface area contributed by atoms with Crippen LogP contribution in [0, 0.1) is 0 Å². The predicted octanol–water partition coefficient (Wildman–Crippen LogP) is 0.744. The van der Waals surface area contributed by atoms with Crippen molar-refractivity contribution in [3.63, 3.8) is 0 Å². The Bertz CT molecular complexity index is 231. The number of carbonyl (C=O) groups excluding carboxylic acids is 1. The van der Waals surface area contributed by atoms with Crippen LogP contribution in [0.1, 0.15) is 40.0 Å². The molecule has 0 aliphatic rings.